The number of oxazole rings is 1. The van der Waals surface area contributed by atoms with E-state index in [-0.39, 0.29) is 74.4 Å². The molecule has 0 radical (unpaired) electrons. The van der Waals surface area contributed by atoms with Gasteiger partial charge in [-0.3, -0.25) is 4.79 Å². The Morgan fingerprint density at radius 3 is 3.00 bits per heavy atom. The van der Waals surface area contributed by atoms with E-state index >= 15 is 0 Å². The topological polar surface area (TPSA) is 98.5 Å². The van der Waals surface area contributed by atoms with Crippen molar-refractivity contribution in [2.75, 3.05) is 18.0 Å². The molecule has 1 aromatic carbocycles. The van der Waals surface area contributed by atoms with E-state index in [2.05, 4.69) is 10.3 Å². The van der Waals surface area contributed by atoms with Crippen LogP contribution in [0.3, 0.4) is 0 Å². The third kappa shape index (κ3) is 2.99. The van der Waals surface area contributed by atoms with Crippen molar-refractivity contribution in [2.24, 2.45) is 0 Å². The Morgan fingerprint density at radius 2 is 2.29 bits per heavy atom. The van der Waals surface area contributed by atoms with Crippen LogP contribution < -0.4 is 66.7 Å². The second kappa shape index (κ2) is 6.45. The molecule has 3 rings (SSSR count). The van der Waals surface area contributed by atoms with Gasteiger partial charge in [0.1, 0.15) is 11.6 Å². The normalized spacial score (nSPS) is 18.2. The molecule has 0 bridgehead atoms. The molecule has 2 aromatic rings. The number of nitrogens with zero attached hydrogens (tertiary/aromatic N) is 2. The Labute approximate surface area is 163 Å². The zero-order chi connectivity index (χ0) is 14.3. The second-order valence-electron chi connectivity index (χ2n) is 4.60. The molecule has 1 amide bonds. The van der Waals surface area contributed by atoms with E-state index in [1.54, 1.807) is 24.0 Å². The summed E-state index contributed by atoms with van der Waals surface area (Å²) in [6.45, 7) is 2.79. The molecule has 1 aliphatic rings. The number of para-hydroxylation sites is 1. The van der Waals surface area contributed by atoms with Crippen LogP contribution in [0, 0.1) is 0 Å². The van der Waals surface area contributed by atoms with E-state index in [1.807, 2.05) is 0 Å². The molecular formula is C13H12KN3O4. The summed E-state index contributed by atoms with van der Waals surface area (Å²) in [5, 5.41) is 13.8. The molecule has 0 spiro atoms. The Balaban J connectivity index is 0.00000161. The van der Waals surface area contributed by atoms with Gasteiger partial charge in [-0.25, -0.2) is 0 Å². The van der Waals surface area contributed by atoms with Crippen molar-refractivity contribution in [2.45, 2.75) is 13.0 Å². The molecule has 0 unspecified atom stereocenters. The van der Waals surface area contributed by atoms with Gasteiger partial charge in [0, 0.05) is 18.7 Å². The van der Waals surface area contributed by atoms with Crippen LogP contribution in [0.1, 0.15) is 17.3 Å². The number of carboxylic acids is 1. The van der Waals surface area contributed by atoms with Crippen molar-refractivity contribution in [1.82, 2.24) is 10.3 Å². The van der Waals surface area contributed by atoms with Gasteiger partial charge >= 0.3 is 51.4 Å². The van der Waals surface area contributed by atoms with Crippen molar-refractivity contribution >= 4 is 29.0 Å². The van der Waals surface area contributed by atoms with Crippen LogP contribution in [-0.4, -0.2) is 36.0 Å². The molecule has 7 nitrogen and oxygen atoms in total. The number of aromatic carboxylic acids is 1. The van der Waals surface area contributed by atoms with Crippen molar-refractivity contribution in [3.63, 3.8) is 0 Å². The monoisotopic (exact) mass is 313 g/mol. The zero-order valence-corrected chi connectivity index (χ0v) is 14.9. The maximum atomic E-state index is 11.6. The number of carbonyl (C=O) groups excluding carboxylic acids is 2. The van der Waals surface area contributed by atoms with Gasteiger partial charge in [0.2, 0.25) is 5.91 Å². The number of hydrogen-bond donors (Lipinski definition) is 1. The van der Waals surface area contributed by atoms with Crippen molar-refractivity contribution in [1.29, 1.82) is 0 Å². The van der Waals surface area contributed by atoms with Crippen LogP contribution in [0.25, 0.3) is 11.1 Å². The Morgan fingerprint density at radius 1 is 1.52 bits per heavy atom. The minimum Gasteiger partial charge on any atom is -0.545 e. The maximum absolute atomic E-state index is 11.6. The number of nitrogens with one attached hydrogen (secondary N) is 1. The first-order valence-electron chi connectivity index (χ1n) is 6.23. The fraction of sp³-hybridized carbons (Fsp3) is 0.308. The number of fused-ring (bicyclic) bond motifs is 1. The molecule has 1 aromatic heterocycles. The first kappa shape index (κ1) is 16.4. The third-order valence-electron chi connectivity index (χ3n) is 3.37. The summed E-state index contributed by atoms with van der Waals surface area (Å²) in [7, 11) is 0. The van der Waals surface area contributed by atoms with E-state index < -0.39 is 12.0 Å². The number of amides is 1. The standard InChI is InChI=1S/C13H13N3O4.K/c1-7-11(17)14-5-6-16(7)13-15-10-8(12(18)19)3-2-4-9(10)20-13;/h2-4,7H,5-6H2,1H3,(H,14,17)(H,18,19);/q;+1/p-1/t7-;/m0./s1. The minimum absolute atomic E-state index is 0. The molecule has 104 valence electrons. The summed E-state index contributed by atoms with van der Waals surface area (Å²) >= 11 is 0. The van der Waals surface area contributed by atoms with Gasteiger partial charge in [0.15, 0.2) is 5.58 Å². The third-order valence-corrected chi connectivity index (χ3v) is 3.37. The largest absolute Gasteiger partial charge is 1.00 e. The minimum atomic E-state index is -1.31. The Bertz CT molecular complexity index is 700. The van der Waals surface area contributed by atoms with Crippen molar-refractivity contribution in [3.05, 3.63) is 23.8 Å². The first-order valence-corrected chi connectivity index (χ1v) is 6.23. The van der Waals surface area contributed by atoms with Crippen LogP contribution in [0.2, 0.25) is 0 Å². The predicted octanol–water partition coefficient (Wildman–Crippen LogP) is -3.48. The van der Waals surface area contributed by atoms with Gasteiger partial charge in [-0.15, -0.1) is 0 Å². The van der Waals surface area contributed by atoms with Gasteiger partial charge in [-0.2, -0.15) is 4.98 Å². The van der Waals surface area contributed by atoms with E-state index in [0.29, 0.717) is 18.7 Å². The summed E-state index contributed by atoms with van der Waals surface area (Å²) in [6, 6.07) is 4.44. The molecule has 1 N–H and O–H groups in total. The summed E-state index contributed by atoms with van der Waals surface area (Å²) < 4.78 is 5.56. The zero-order valence-electron chi connectivity index (χ0n) is 11.8. The van der Waals surface area contributed by atoms with Crippen LogP contribution >= 0.6 is 0 Å². The van der Waals surface area contributed by atoms with Gasteiger partial charge in [0.05, 0.1) is 5.97 Å². The van der Waals surface area contributed by atoms with Gasteiger partial charge in [-0.05, 0) is 13.0 Å². The Kier molecular flexibility index (Phi) is 5.05. The molecule has 1 atom stereocenters. The number of benzene rings is 1. The SMILES string of the molecule is C[C@H]1C(=O)NCCN1c1nc2c(C(=O)[O-])cccc2o1.[K+]. The average molecular weight is 313 g/mol. The summed E-state index contributed by atoms with van der Waals surface area (Å²) in [6.07, 6.45) is 0. The molecule has 2 heterocycles. The van der Waals surface area contributed by atoms with E-state index in [4.69, 9.17) is 4.42 Å². The van der Waals surface area contributed by atoms with Gasteiger partial charge < -0.3 is 24.5 Å². The number of aromatic nitrogens is 1. The number of hydrogen-bond acceptors (Lipinski definition) is 6. The second-order valence-corrected chi connectivity index (χ2v) is 4.60. The van der Waals surface area contributed by atoms with Crippen LogP contribution in [0.4, 0.5) is 6.01 Å². The number of carboxylic acid groups (broad SMARTS) is 1. The number of piperazine rings is 1. The predicted molar refractivity (Wildman–Crippen MR) is 68.2 cm³/mol. The van der Waals surface area contributed by atoms with Crippen LogP contribution in [0.15, 0.2) is 22.6 Å². The average Bonchev–Trinajstić information content (AvgIpc) is 2.84. The summed E-state index contributed by atoms with van der Waals surface area (Å²) in [5.74, 6) is -1.42. The smallest absolute Gasteiger partial charge is 0.545 e. The Hall–Kier alpha value is -0.934. The van der Waals surface area contributed by atoms with Gasteiger partial charge in [0.25, 0.3) is 6.01 Å². The number of rotatable bonds is 2. The first-order chi connectivity index (χ1) is 9.58. The van der Waals surface area contributed by atoms with Crippen LogP contribution in [0.5, 0.6) is 0 Å². The van der Waals surface area contributed by atoms with E-state index in [0.717, 1.165) is 0 Å². The van der Waals surface area contributed by atoms with E-state index in [1.165, 1.54) is 6.07 Å². The number of carbonyl (C=O) groups is 2. The fourth-order valence-electron chi connectivity index (χ4n) is 2.27. The molecule has 1 aliphatic heterocycles. The van der Waals surface area contributed by atoms with Gasteiger partial charge in [-0.1, -0.05) is 12.1 Å². The molecular weight excluding hydrogens is 301 g/mol. The molecule has 0 saturated carbocycles. The molecule has 1 fully saturated rings. The maximum Gasteiger partial charge on any atom is 1.00 e. The molecule has 21 heavy (non-hydrogen) atoms. The summed E-state index contributed by atoms with van der Waals surface area (Å²) in [5.41, 5.74) is 0.576. The molecule has 1 saturated heterocycles. The van der Waals surface area contributed by atoms with E-state index in [9.17, 15) is 14.7 Å². The summed E-state index contributed by atoms with van der Waals surface area (Å²) in [4.78, 5) is 28.6. The molecule has 8 heteroatoms. The van der Waals surface area contributed by atoms with Crippen molar-refractivity contribution < 1.29 is 70.5 Å². The van der Waals surface area contributed by atoms with Crippen molar-refractivity contribution in [3.8, 4) is 0 Å². The van der Waals surface area contributed by atoms with Crippen LogP contribution in [-0.2, 0) is 4.79 Å². The molecule has 0 aliphatic carbocycles. The number of anilines is 1. The quantitative estimate of drug-likeness (QED) is 0.578. The fourth-order valence-corrected chi connectivity index (χ4v) is 2.27.